The Morgan fingerprint density at radius 3 is 2.67 bits per heavy atom. The van der Waals surface area contributed by atoms with Gasteiger partial charge in [-0.3, -0.25) is 0 Å². The summed E-state index contributed by atoms with van der Waals surface area (Å²) in [5.74, 6) is -0.253. The second-order valence-electron chi connectivity index (χ2n) is 6.52. The summed E-state index contributed by atoms with van der Waals surface area (Å²) in [5.41, 5.74) is 1.01. The number of likely N-dealkylation sites (tertiary alicyclic amines) is 1. The Morgan fingerprint density at radius 1 is 1.38 bits per heavy atom. The lowest BCUT2D eigenvalue weighted by atomic mass is 9.87. The summed E-state index contributed by atoms with van der Waals surface area (Å²) in [4.78, 5) is 27.6. The lowest BCUT2D eigenvalue weighted by molar-refractivity contribution is 0.106. The van der Waals surface area contributed by atoms with Gasteiger partial charge in [0, 0.05) is 32.4 Å². The molecular formula is C17H23FN4O2. The molecule has 0 atom stereocenters. The van der Waals surface area contributed by atoms with E-state index in [0.29, 0.717) is 37.3 Å². The maximum absolute atomic E-state index is 13.5. The van der Waals surface area contributed by atoms with Crippen molar-refractivity contribution in [1.29, 1.82) is 0 Å². The number of nitrogens with zero attached hydrogens (tertiary/aromatic N) is 2. The van der Waals surface area contributed by atoms with Crippen LogP contribution >= 0.6 is 0 Å². The van der Waals surface area contributed by atoms with Crippen molar-refractivity contribution in [3.05, 3.63) is 29.6 Å². The summed E-state index contributed by atoms with van der Waals surface area (Å²) in [5, 5.41) is 5.70. The zero-order valence-corrected chi connectivity index (χ0v) is 14.1. The number of piperidine rings is 1. The van der Waals surface area contributed by atoms with Crippen LogP contribution in [0.25, 0.3) is 0 Å². The van der Waals surface area contributed by atoms with Gasteiger partial charge < -0.3 is 20.4 Å². The number of carbonyl (C=O) groups is 2. The molecule has 3 rings (SSSR count). The highest BCUT2D eigenvalue weighted by Gasteiger charge is 2.45. The molecule has 2 heterocycles. The van der Waals surface area contributed by atoms with Gasteiger partial charge >= 0.3 is 12.1 Å². The SMILES string of the molecule is CCc1cc(NC(=O)N2CCC3(CC2)CNC(=O)N3C)ccc1F. The minimum atomic E-state index is -0.253. The third kappa shape index (κ3) is 2.90. The second kappa shape index (κ2) is 6.30. The number of benzene rings is 1. The Kier molecular flexibility index (Phi) is 4.34. The van der Waals surface area contributed by atoms with Crippen LogP contribution in [0.1, 0.15) is 25.3 Å². The molecule has 1 spiro atoms. The smallest absolute Gasteiger partial charge is 0.321 e. The van der Waals surface area contributed by atoms with Crippen LogP contribution in [0.2, 0.25) is 0 Å². The van der Waals surface area contributed by atoms with Crippen molar-refractivity contribution in [2.24, 2.45) is 0 Å². The standard InChI is InChI=1S/C17H23FN4O2/c1-3-12-10-13(4-5-14(12)18)20-16(24)22-8-6-17(7-9-22)11-19-15(23)21(17)2/h4-5,10H,3,6-9,11H2,1-2H3,(H,19,23)(H,20,24). The fourth-order valence-corrected chi connectivity index (χ4v) is 3.46. The summed E-state index contributed by atoms with van der Waals surface area (Å²) < 4.78 is 13.5. The lowest BCUT2D eigenvalue weighted by Crippen LogP contribution is -2.54. The predicted molar refractivity (Wildman–Crippen MR) is 89.5 cm³/mol. The number of aryl methyl sites for hydroxylation is 1. The van der Waals surface area contributed by atoms with E-state index in [0.717, 1.165) is 12.8 Å². The number of likely N-dealkylation sites (N-methyl/N-ethyl adjacent to an activating group) is 1. The Hall–Kier alpha value is -2.31. The van der Waals surface area contributed by atoms with Crippen LogP contribution in [0.4, 0.5) is 19.7 Å². The maximum Gasteiger partial charge on any atom is 0.321 e. The summed E-state index contributed by atoms with van der Waals surface area (Å²) in [7, 11) is 1.81. The largest absolute Gasteiger partial charge is 0.336 e. The number of nitrogens with one attached hydrogen (secondary N) is 2. The van der Waals surface area contributed by atoms with Crippen molar-refractivity contribution in [3.8, 4) is 0 Å². The van der Waals surface area contributed by atoms with Gasteiger partial charge in [-0.25, -0.2) is 14.0 Å². The maximum atomic E-state index is 13.5. The molecule has 2 fully saturated rings. The number of carbonyl (C=O) groups excluding carboxylic acids is 2. The first-order valence-corrected chi connectivity index (χ1v) is 8.31. The van der Waals surface area contributed by atoms with Gasteiger partial charge in [0.2, 0.25) is 0 Å². The molecule has 2 aliphatic rings. The van der Waals surface area contributed by atoms with Gasteiger partial charge in [0.15, 0.2) is 0 Å². The van der Waals surface area contributed by atoms with Crippen LogP contribution in [0.5, 0.6) is 0 Å². The first kappa shape index (κ1) is 16.5. The van der Waals surface area contributed by atoms with Crippen LogP contribution in [0, 0.1) is 5.82 Å². The van der Waals surface area contributed by atoms with Crippen LogP contribution < -0.4 is 10.6 Å². The van der Waals surface area contributed by atoms with Gasteiger partial charge in [0.1, 0.15) is 5.82 Å². The molecule has 0 bridgehead atoms. The Morgan fingerprint density at radius 2 is 2.08 bits per heavy atom. The van der Waals surface area contributed by atoms with E-state index in [1.165, 1.54) is 6.07 Å². The van der Waals surface area contributed by atoms with Crippen LogP contribution in [0.3, 0.4) is 0 Å². The van der Waals surface area contributed by atoms with E-state index in [-0.39, 0.29) is 23.4 Å². The van der Waals surface area contributed by atoms with Crippen LogP contribution in [-0.4, -0.2) is 54.1 Å². The molecule has 0 radical (unpaired) electrons. The molecule has 1 aromatic rings. The molecule has 24 heavy (non-hydrogen) atoms. The monoisotopic (exact) mass is 334 g/mol. The summed E-state index contributed by atoms with van der Waals surface area (Å²) in [6.07, 6.45) is 2.08. The first-order valence-electron chi connectivity index (χ1n) is 8.31. The van der Waals surface area contributed by atoms with Crippen LogP contribution in [-0.2, 0) is 6.42 Å². The number of hydrogen-bond donors (Lipinski definition) is 2. The Balaban J connectivity index is 1.61. The van der Waals surface area contributed by atoms with E-state index in [1.807, 2.05) is 14.0 Å². The molecular weight excluding hydrogens is 311 g/mol. The van der Waals surface area contributed by atoms with Crippen molar-refractivity contribution in [1.82, 2.24) is 15.1 Å². The highest BCUT2D eigenvalue weighted by Crippen LogP contribution is 2.31. The minimum absolute atomic E-state index is 0.0497. The van der Waals surface area contributed by atoms with Crippen LogP contribution in [0.15, 0.2) is 18.2 Å². The van der Waals surface area contributed by atoms with Crippen molar-refractivity contribution < 1.29 is 14.0 Å². The molecule has 0 aliphatic carbocycles. The molecule has 1 aromatic carbocycles. The third-order valence-electron chi connectivity index (χ3n) is 5.24. The normalized spacial score (nSPS) is 19.5. The first-order chi connectivity index (χ1) is 11.4. The molecule has 0 aromatic heterocycles. The molecule has 2 N–H and O–H groups in total. The molecule has 2 saturated heterocycles. The number of rotatable bonds is 2. The van der Waals surface area contributed by atoms with Crippen molar-refractivity contribution in [3.63, 3.8) is 0 Å². The lowest BCUT2D eigenvalue weighted by Gasteiger charge is -2.42. The van der Waals surface area contributed by atoms with E-state index in [1.54, 1.807) is 21.9 Å². The molecule has 0 unspecified atom stereocenters. The summed E-state index contributed by atoms with van der Waals surface area (Å²) in [6, 6.07) is 4.39. The average Bonchev–Trinajstić information content (AvgIpc) is 2.86. The summed E-state index contributed by atoms with van der Waals surface area (Å²) >= 11 is 0. The number of anilines is 1. The van der Waals surface area contributed by atoms with E-state index < -0.39 is 0 Å². The average molecular weight is 334 g/mol. The van der Waals surface area contributed by atoms with Crippen molar-refractivity contribution in [2.45, 2.75) is 31.7 Å². The molecule has 2 aliphatic heterocycles. The fraction of sp³-hybridized carbons (Fsp3) is 0.529. The highest BCUT2D eigenvalue weighted by atomic mass is 19.1. The van der Waals surface area contributed by atoms with E-state index in [2.05, 4.69) is 10.6 Å². The van der Waals surface area contributed by atoms with Gasteiger partial charge in [0.05, 0.1) is 5.54 Å². The van der Waals surface area contributed by atoms with Gasteiger partial charge in [-0.15, -0.1) is 0 Å². The Labute approximate surface area is 141 Å². The van der Waals surface area contributed by atoms with Gasteiger partial charge in [-0.2, -0.15) is 0 Å². The molecule has 7 heteroatoms. The molecule has 6 nitrogen and oxygen atoms in total. The zero-order valence-electron chi connectivity index (χ0n) is 14.1. The second-order valence-corrected chi connectivity index (χ2v) is 6.52. The number of urea groups is 2. The summed E-state index contributed by atoms with van der Waals surface area (Å²) in [6.45, 7) is 3.69. The van der Waals surface area contributed by atoms with Crippen molar-refractivity contribution in [2.75, 3.05) is 32.0 Å². The van der Waals surface area contributed by atoms with E-state index in [4.69, 9.17) is 0 Å². The molecule has 130 valence electrons. The van der Waals surface area contributed by atoms with E-state index in [9.17, 15) is 14.0 Å². The van der Waals surface area contributed by atoms with E-state index >= 15 is 0 Å². The minimum Gasteiger partial charge on any atom is -0.336 e. The number of halogens is 1. The van der Waals surface area contributed by atoms with Crippen molar-refractivity contribution >= 4 is 17.7 Å². The topological polar surface area (TPSA) is 64.7 Å². The Bertz CT molecular complexity index is 656. The molecule has 0 saturated carbocycles. The number of hydrogen-bond acceptors (Lipinski definition) is 2. The van der Waals surface area contributed by atoms with Gasteiger partial charge in [-0.1, -0.05) is 6.92 Å². The zero-order chi connectivity index (χ0) is 17.3. The molecule has 4 amide bonds. The highest BCUT2D eigenvalue weighted by molar-refractivity contribution is 5.89. The quantitative estimate of drug-likeness (QED) is 0.872. The number of amides is 4. The van der Waals surface area contributed by atoms with Gasteiger partial charge in [-0.05, 0) is 43.0 Å². The van der Waals surface area contributed by atoms with Gasteiger partial charge in [0.25, 0.3) is 0 Å². The predicted octanol–water partition coefficient (Wildman–Crippen LogP) is 2.41. The fourth-order valence-electron chi connectivity index (χ4n) is 3.46. The third-order valence-corrected chi connectivity index (χ3v) is 5.24.